The highest BCUT2D eigenvalue weighted by atomic mass is 16.5. The van der Waals surface area contributed by atoms with Crippen LogP contribution in [0.4, 0.5) is 22.2 Å². The number of nitrogens with zero attached hydrogens (tertiary/aromatic N) is 5. The fourth-order valence-electron chi connectivity index (χ4n) is 4.01. The van der Waals surface area contributed by atoms with Gasteiger partial charge in [0.2, 0.25) is 5.95 Å². The molecule has 160 valence electrons. The molecule has 0 spiro atoms. The Balaban J connectivity index is 1.38. The van der Waals surface area contributed by atoms with Gasteiger partial charge in [-0.15, -0.1) is 0 Å². The summed E-state index contributed by atoms with van der Waals surface area (Å²) >= 11 is 0. The molecule has 4 rings (SSSR count). The maximum Gasteiger partial charge on any atom is 0.322 e. The summed E-state index contributed by atoms with van der Waals surface area (Å²) in [6, 6.07) is 9.39. The summed E-state index contributed by atoms with van der Waals surface area (Å²) in [7, 11) is 1.60. The van der Waals surface area contributed by atoms with Gasteiger partial charge < -0.3 is 24.8 Å². The molecule has 1 aromatic heterocycles. The third kappa shape index (κ3) is 4.58. The SMILES string of the molecule is COc1ccccc1NC(=O)N1CCN(c2cc(C)nc(N3CCCCC3)n2)CC1. The van der Waals surface area contributed by atoms with E-state index in [1.807, 2.05) is 42.2 Å². The van der Waals surface area contributed by atoms with Crippen LogP contribution < -0.4 is 19.9 Å². The highest BCUT2D eigenvalue weighted by Crippen LogP contribution is 2.24. The number of hydrogen-bond acceptors (Lipinski definition) is 6. The summed E-state index contributed by atoms with van der Waals surface area (Å²) in [5.41, 5.74) is 1.67. The Labute approximate surface area is 177 Å². The molecule has 30 heavy (non-hydrogen) atoms. The summed E-state index contributed by atoms with van der Waals surface area (Å²) in [5.74, 6) is 2.44. The number of aryl methyl sites for hydroxylation is 1. The van der Waals surface area contributed by atoms with Crippen LogP contribution in [0.5, 0.6) is 5.75 Å². The first-order chi connectivity index (χ1) is 14.6. The lowest BCUT2D eigenvalue weighted by Gasteiger charge is -2.36. The average molecular weight is 411 g/mol. The van der Waals surface area contributed by atoms with Gasteiger partial charge in [0, 0.05) is 51.0 Å². The van der Waals surface area contributed by atoms with E-state index in [2.05, 4.69) is 20.1 Å². The summed E-state index contributed by atoms with van der Waals surface area (Å²) < 4.78 is 5.32. The largest absolute Gasteiger partial charge is 0.495 e. The molecule has 1 N–H and O–H groups in total. The van der Waals surface area contributed by atoms with E-state index < -0.39 is 0 Å². The first-order valence-corrected chi connectivity index (χ1v) is 10.7. The number of hydrogen-bond donors (Lipinski definition) is 1. The smallest absolute Gasteiger partial charge is 0.322 e. The van der Waals surface area contributed by atoms with Crippen molar-refractivity contribution in [2.45, 2.75) is 26.2 Å². The predicted molar refractivity (Wildman–Crippen MR) is 119 cm³/mol. The molecular weight excluding hydrogens is 380 g/mol. The van der Waals surface area contributed by atoms with Gasteiger partial charge in [-0.25, -0.2) is 9.78 Å². The van der Waals surface area contributed by atoms with Crippen molar-refractivity contribution in [2.24, 2.45) is 0 Å². The zero-order valence-corrected chi connectivity index (χ0v) is 17.8. The molecule has 0 aliphatic carbocycles. The van der Waals surface area contributed by atoms with Gasteiger partial charge >= 0.3 is 6.03 Å². The van der Waals surface area contributed by atoms with Crippen LogP contribution in [0, 0.1) is 6.92 Å². The van der Waals surface area contributed by atoms with Crippen LogP contribution >= 0.6 is 0 Å². The van der Waals surface area contributed by atoms with Crippen LogP contribution in [0.3, 0.4) is 0 Å². The van der Waals surface area contributed by atoms with E-state index in [1.165, 1.54) is 19.3 Å². The highest BCUT2D eigenvalue weighted by molar-refractivity contribution is 5.91. The molecule has 2 amide bonds. The number of benzene rings is 1. The van der Waals surface area contributed by atoms with E-state index in [0.29, 0.717) is 24.5 Å². The maximum absolute atomic E-state index is 12.7. The number of carbonyl (C=O) groups excluding carboxylic acids is 1. The van der Waals surface area contributed by atoms with Gasteiger partial charge in [-0.2, -0.15) is 4.98 Å². The van der Waals surface area contributed by atoms with Crippen molar-refractivity contribution in [2.75, 3.05) is 61.5 Å². The number of anilines is 3. The average Bonchev–Trinajstić information content (AvgIpc) is 2.79. The summed E-state index contributed by atoms with van der Waals surface area (Å²) in [6.45, 7) is 6.85. The lowest BCUT2D eigenvalue weighted by atomic mass is 10.1. The first kappa shape index (κ1) is 20.3. The van der Waals surface area contributed by atoms with E-state index >= 15 is 0 Å². The van der Waals surface area contributed by atoms with E-state index in [0.717, 1.165) is 43.6 Å². The minimum atomic E-state index is -0.105. The fourth-order valence-corrected chi connectivity index (χ4v) is 4.01. The second kappa shape index (κ2) is 9.19. The molecule has 0 unspecified atom stereocenters. The Morgan fingerprint density at radius 2 is 1.70 bits per heavy atom. The number of piperidine rings is 1. The number of para-hydroxylation sites is 2. The van der Waals surface area contributed by atoms with E-state index in [-0.39, 0.29) is 6.03 Å². The number of aromatic nitrogens is 2. The minimum absolute atomic E-state index is 0.105. The number of methoxy groups -OCH3 is 1. The van der Waals surface area contributed by atoms with Crippen molar-refractivity contribution >= 4 is 23.5 Å². The second-order valence-electron chi connectivity index (χ2n) is 7.82. The molecule has 0 radical (unpaired) electrons. The van der Waals surface area contributed by atoms with E-state index in [4.69, 9.17) is 9.72 Å². The molecule has 2 aliphatic rings. The van der Waals surface area contributed by atoms with Crippen molar-refractivity contribution in [3.8, 4) is 5.75 Å². The van der Waals surface area contributed by atoms with Gasteiger partial charge in [-0.1, -0.05) is 12.1 Å². The third-order valence-electron chi connectivity index (χ3n) is 5.71. The molecule has 8 heteroatoms. The predicted octanol–water partition coefficient (Wildman–Crippen LogP) is 3.14. The van der Waals surface area contributed by atoms with Crippen LogP contribution in [-0.2, 0) is 0 Å². The Hall–Kier alpha value is -3.03. The lowest BCUT2D eigenvalue weighted by Crippen LogP contribution is -2.50. The van der Waals surface area contributed by atoms with Gasteiger partial charge in [-0.05, 0) is 38.3 Å². The molecule has 2 aromatic rings. The van der Waals surface area contributed by atoms with Gasteiger partial charge in [0.25, 0.3) is 0 Å². The molecule has 8 nitrogen and oxygen atoms in total. The number of nitrogens with one attached hydrogen (secondary N) is 1. The van der Waals surface area contributed by atoms with Crippen LogP contribution in [-0.4, -0.2) is 67.3 Å². The van der Waals surface area contributed by atoms with Crippen molar-refractivity contribution in [3.05, 3.63) is 36.0 Å². The van der Waals surface area contributed by atoms with Crippen LogP contribution in [0.1, 0.15) is 25.0 Å². The van der Waals surface area contributed by atoms with Crippen LogP contribution in [0.25, 0.3) is 0 Å². The Kier molecular flexibility index (Phi) is 6.21. The third-order valence-corrected chi connectivity index (χ3v) is 5.71. The first-order valence-electron chi connectivity index (χ1n) is 10.7. The lowest BCUT2D eigenvalue weighted by molar-refractivity contribution is 0.208. The highest BCUT2D eigenvalue weighted by Gasteiger charge is 2.24. The normalized spacial score (nSPS) is 17.1. The second-order valence-corrected chi connectivity index (χ2v) is 7.82. The van der Waals surface area contributed by atoms with Gasteiger partial charge in [0.1, 0.15) is 11.6 Å². The molecule has 2 aliphatic heterocycles. The number of piperazine rings is 1. The topological polar surface area (TPSA) is 73.8 Å². The zero-order valence-electron chi connectivity index (χ0n) is 17.8. The van der Waals surface area contributed by atoms with E-state index in [1.54, 1.807) is 7.11 Å². The quantitative estimate of drug-likeness (QED) is 0.835. The molecule has 0 atom stereocenters. The number of rotatable bonds is 4. The minimum Gasteiger partial charge on any atom is -0.495 e. The Morgan fingerprint density at radius 3 is 2.43 bits per heavy atom. The molecule has 2 saturated heterocycles. The molecule has 0 bridgehead atoms. The van der Waals surface area contributed by atoms with Gasteiger partial charge in [-0.3, -0.25) is 0 Å². The number of ether oxygens (including phenoxy) is 1. The van der Waals surface area contributed by atoms with Crippen LogP contribution in [0.2, 0.25) is 0 Å². The standard InChI is InChI=1S/C22H30N6O2/c1-17-16-20(25-21(23-17)27-10-6-3-7-11-27)26-12-14-28(15-13-26)22(29)24-18-8-4-5-9-19(18)30-2/h4-5,8-9,16H,3,6-7,10-15H2,1-2H3,(H,24,29). The van der Waals surface area contributed by atoms with Crippen molar-refractivity contribution < 1.29 is 9.53 Å². The van der Waals surface area contributed by atoms with Crippen molar-refractivity contribution in [1.82, 2.24) is 14.9 Å². The zero-order chi connectivity index (χ0) is 20.9. The van der Waals surface area contributed by atoms with Crippen molar-refractivity contribution in [3.63, 3.8) is 0 Å². The van der Waals surface area contributed by atoms with Gasteiger partial charge in [0.15, 0.2) is 0 Å². The number of amides is 2. The van der Waals surface area contributed by atoms with Crippen LogP contribution in [0.15, 0.2) is 30.3 Å². The summed E-state index contributed by atoms with van der Waals surface area (Å²) in [6.07, 6.45) is 3.69. The fraction of sp³-hybridized carbons (Fsp3) is 0.500. The monoisotopic (exact) mass is 410 g/mol. The molecular formula is C22H30N6O2. The molecule has 0 saturated carbocycles. The maximum atomic E-state index is 12.7. The number of carbonyl (C=O) groups is 1. The molecule has 1 aromatic carbocycles. The Bertz CT molecular complexity index is 876. The van der Waals surface area contributed by atoms with E-state index in [9.17, 15) is 4.79 Å². The molecule has 3 heterocycles. The van der Waals surface area contributed by atoms with Crippen molar-refractivity contribution in [1.29, 1.82) is 0 Å². The summed E-state index contributed by atoms with van der Waals surface area (Å²) in [5, 5.41) is 2.96. The van der Waals surface area contributed by atoms with Gasteiger partial charge in [0.05, 0.1) is 12.8 Å². The molecule has 2 fully saturated rings. The Morgan fingerprint density at radius 1 is 0.967 bits per heavy atom. The number of urea groups is 1. The summed E-state index contributed by atoms with van der Waals surface area (Å²) in [4.78, 5) is 28.6.